The summed E-state index contributed by atoms with van der Waals surface area (Å²) in [6.07, 6.45) is 5.62. The number of hydrogen-bond donors (Lipinski definition) is 1. The van der Waals surface area contributed by atoms with Crippen molar-refractivity contribution in [1.82, 2.24) is 4.90 Å². The van der Waals surface area contributed by atoms with Crippen molar-refractivity contribution in [3.63, 3.8) is 0 Å². The van der Waals surface area contributed by atoms with Gasteiger partial charge in [0.15, 0.2) is 0 Å². The largest absolute Gasteiger partial charge is 0.492 e. The molecule has 0 bridgehead atoms. The Kier molecular flexibility index (Phi) is 4.59. The quantitative estimate of drug-likeness (QED) is 0.787. The van der Waals surface area contributed by atoms with E-state index >= 15 is 0 Å². The van der Waals surface area contributed by atoms with E-state index in [-0.39, 0.29) is 0 Å². The van der Waals surface area contributed by atoms with Crippen LogP contribution in [-0.4, -0.2) is 31.1 Å². The van der Waals surface area contributed by atoms with Crippen LogP contribution in [-0.2, 0) is 6.54 Å². The van der Waals surface area contributed by atoms with Gasteiger partial charge >= 0.3 is 0 Å². The molecule has 0 aliphatic carbocycles. The van der Waals surface area contributed by atoms with Crippen molar-refractivity contribution < 1.29 is 4.74 Å². The van der Waals surface area contributed by atoms with Crippen molar-refractivity contribution in [2.75, 3.05) is 26.2 Å². The Morgan fingerprint density at radius 1 is 1.18 bits per heavy atom. The lowest BCUT2D eigenvalue weighted by Crippen LogP contribution is -2.31. The number of rotatable bonds is 5. The van der Waals surface area contributed by atoms with Gasteiger partial charge in [-0.2, -0.15) is 0 Å². The highest BCUT2D eigenvalue weighted by Gasteiger charge is 2.05. The van der Waals surface area contributed by atoms with Crippen LogP contribution in [0.4, 0.5) is 0 Å². The fraction of sp³-hybridized carbons (Fsp3) is 0.429. The molecule has 1 aromatic carbocycles. The first kappa shape index (κ1) is 12.1. The summed E-state index contributed by atoms with van der Waals surface area (Å²) in [5.41, 5.74) is 6.68. The van der Waals surface area contributed by atoms with Crippen molar-refractivity contribution in [2.24, 2.45) is 5.73 Å². The summed E-state index contributed by atoms with van der Waals surface area (Å²) >= 11 is 0. The zero-order valence-electron chi connectivity index (χ0n) is 10.1. The third-order valence-corrected chi connectivity index (χ3v) is 2.98. The van der Waals surface area contributed by atoms with E-state index in [4.69, 9.17) is 10.5 Å². The van der Waals surface area contributed by atoms with Crippen LogP contribution in [0.1, 0.15) is 12.0 Å². The third-order valence-electron chi connectivity index (χ3n) is 2.98. The minimum atomic E-state index is 0.584. The lowest BCUT2D eigenvalue weighted by atomic mass is 10.2. The average molecular weight is 232 g/mol. The molecule has 2 N–H and O–H groups in total. The van der Waals surface area contributed by atoms with E-state index in [0.717, 1.165) is 44.0 Å². The summed E-state index contributed by atoms with van der Waals surface area (Å²) in [7, 11) is 0. The van der Waals surface area contributed by atoms with Gasteiger partial charge in [-0.1, -0.05) is 24.3 Å². The Balaban J connectivity index is 1.72. The SMILES string of the molecule is NCc1ccc(OCCN2CC=CCC2)cc1. The van der Waals surface area contributed by atoms with Crippen LogP contribution in [0.2, 0.25) is 0 Å². The summed E-state index contributed by atoms with van der Waals surface area (Å²) in [5, 5.41) is 0. The van der Waals surface area contributed by atoms with Gasteiger partial charge in [-0.3, -0.25) is 4.90 Å². The molecule has 3 nitrogen and oxygen atoms in total. The first-order chi connectivity index (χ1) is 8.38. The zero-order valence-corrected chi connectivity index (χ0v) is 10.1. The van der Waals surface area contributed by atoms with Crippen molar-refractivity contribution in [3.05, 3.63) is 42.0 Å². The van der Waals surface area contributed by atoms with Crippen molar-refractivity contribution in [3.8, 4) is 5.75 Å². The Hall–Kier alpha value is -1.32. The summed E-state index contributed by atoms with van der Waals surface area (Å²) in [6.45, 7) is 4.51. The molecule has 2 rings (SSSR count). The topological polar surface area (TPSA) is 38.5 Å². The molecule has 1 aliphatic rings. The number of ether oxygens (including phenoxy) is 1. The van der Waals surface area contributed by atoms with Crippen LogP contribution < -0.4 is 10.5 Å². The highest BCUT2D eigenvalue weighted by Crippen LogP contribution is 2.11. The predicted octanol–water partition coefficient (Wildman–Crippen LogP) is 1.79. The number of benzene rings is 1. The highest BCUT2D eigenvalue weighted by molar-refractivity contribution is 5.27. The Bertz CT molecular complexity index is 359. The normalized spacial score (nSPS) is 16.1. The van der Waals surface area contributed by atoms with E-state index in [1.807, 2.05) is 24.3 Å². The van der Waals surface area contributed by atoms with Crippen molar-refractivity contribution >= 4 is 0 Å². The van der Waals surface area contributed by atoms with E-state index in [2.05, 4.69) is 17.1 Å². The van der Waals surface area contributed by atoms with Gasteiger partial charge in [-0.05, 0) is 24.1 Å². The summed E-state index contributed by atoms with van der Waals surface area (Å²) in [4.78, 5) is 2.40. The van der Waals surface area contributed by atoms with E-state index in [1.165, 1.54) is 0 Å². The van der Waals surface area contributed by atoms with Gasteiger partial charge in [-0.25, -0.2) is 0 Å². The lowest BCUT2D eigenvalue weighted by molar-refractivity contribution is 0.221. The molecule has 0 fully saturated rings. The summed E-state index contributed by atoms with van der Waals surface area (Å²) in [6, 6.07) is 7.99. The van der Waals surface area contributed by atoms with Gasteiger partial charge in [0.25, 0.3) is 0 Å². The molecule has 0 atom stereocenters. The van der Waals surface area contributed by atoms with E-state index in [9.17, 15) is 0 Å². The van der Waals surface area contributed by atoms with Crippen molar-refractivity contribution in [2.45, 2.75) is 13.0 Å². The van der Waals surface area contributed by atoms with Crippen molar-refractivity contribution in [1.29, 1.82) is 0 Å². The lowest BCUT2D eigenvalue weighted by Gasteiger charge is -2.22. The van der Waals surface area contributed by atoms with Crippen LogP contribution in [0.5, 0.6) is 5.75 Å². The molecule has 1 aliphatic heterocycles. The minimum absolute atomic E-state index is 0.584. The zero-order chi connectivity index (χ0) is 11.9. The molecule has 92 valence electrons. The van der Waals surface area contributed by atoms with E-state index < -0.39 is 0 Å². The van der Waals surface area contributed by atoms with Crippen LogP contribution in [0, 0.1) is 0 Å². The molecule has 3 heteroatoms. The summed E-state index contributed by atoms with van der Waals surface area (Å²) < 4.78 is 5.70. The fourth-order valence-electron chi connectivity index (χ4n) is 1.91. The van der Waals surface area contributed by atoms with Crippen LogP contribution in [0.3, 0.4) is 0 Å². The second-order valence-corrected chi connectivity index (χ2v) is 4.26. The fourth-order valence-corrected chi connectivity index (χ4v) is 1.91. The Labute approximate surface area is 103 Å². The van der Waals surface area contributed by atoms with Gasteiger partial charge in [0.05, 0.1) is 0 Å². The smallest absolute Gasteiger partial charge is 0.119 e. The third kappa shape index (κ3) is 3.88. The number of nitrogens with two attached hydrogens (primary N) is 1. The molecule has 0 saturated carbocycles. The van der Waals surface area contributed by atoms with Crippen LogP contribution in [0.15, 0.2) is 36.4 Å². The summed E-state index contributed by atoms with van der Waals surface area (Å²) in [5.74, 6) is 0.926. The molecule has 1 aromatic rings. The Morgan fingerprint density at radius 3 is 2.65 bits per heavy atom. The first-order valence-corrected chi connectivity index (χ1v) is 6.17. The predicted molar refractivity (Wildman–Crippen MR) is 70.0 cm³/mol. The van der Waals surface area contributed by atoms with Gasteiger partial charge < -0.3 is 10.5 Å². The van der Waals surface area contributed by atoms with Crippen LogP contribution in [0.25, 0.3) is 0 Å². The van der Waals surface area contributed by atoms with E-state index in [1.54, 1.807) is 0 Å². The molecule has 0 aromatic heterocycles. The van der Waals surface area contributed by atoms with Gasteiger partial charge in [0.2, 0.25) is 0 Å². The molecular weight excluding hydrogens is 212 g/mol. The molecule has 1 heterocycles. The molecule has 17 heavy (non-hydrogen) atoms. The molecular formula is C14H20N2O. The maximum absolute atomic E-state index is 5.70. The van der Waals surface area contributed by atoms with Crippen LogP contribution >= 0.6 is 0 Å². The average Bonchev–Trinajstić information content (AvgIpc) is 2.41. The minimum Gasteiger partial charge on any atom is -0.492 e. The second kappa shape index (κ2) is 6.42. The number of nitrogens with zero attached hydrogens (tertiary/aromatic N) is 1. The first-order valence-electron chi connectivity index (χ1n) is 6.17. The maximum atomic E-state index is 5.70. The molecule has 0 unspecified atom stereocenters. The molecule has 0 spiro atoms. The number of hydrogen-bond acceptors (Lipinski definition) is 3. The standard InChI is InChI=1S/C14H20N2O/c15-12-13-4-6-14(7-5-13)17-11-10-16-8-2-1-3-9-16/h1-2,4-7H,3,8-12,15H2. The maximum Gasteiger partial charge on any atom is 0.119 e. The molecule has 0 radical (unpaired) electrons. The highest BCUT2D eigenvalue weighted by atomic mass is 16.5. The monoisotopic (exact) mass is 232 g/mol. The van der Waals surface area contributed by atoms with E-state index in [0.29, 0.717) is 6.54 Å². The molecule has 0 amide bonds. The van der Waals surface area contributed by atoms with Gasteiger partial charge in [0.1, 0.15) is 12.4 Å². The molecule has 0 saturated heterocycles. The Morgan fingerprint density at radius 2 is 2.00 bits per heavy atom. The van der Waals surface area contributed by atoms with Gasteiger partial charge in [-0.15, -0.1) is 0 Å². The van der Waals surface area contributed by atoms with Gasteiger partial charge in [0, 0.05) is 26.2 Å². The second-order valence-electron chi connectivity index (χ2n) is 4.26.